The molecule has 0 saturated carbocycles. The molecule has 1 amide bonds. The van der Waals surface area contributed by atoms with E-state index in [0.29, 0.717) is 36.8 Å². The van der Waals surface area contributed by atoms with Gasteiger partial charge in [0.1, 0.15) is 0 Å². The van der Waals surface area contributed by atoms with Gasteiger partial charge in [0.25, 0.3) is 0 Å². The van der Waals surface area contributed by atoms with Crippen LogP contribution >= 0.6 is 0 Å². The highest BCUT2D eigenvalue weighted by Crippen LogP contribution is 2.25. The fourth-order valence-electron chi connectivity index (χ4n) is 3.71. The van der Waals surface area contributed by atoms with E-state index in [2.05, 4.69) is 23.3 Å². The summed E-state index contributed by atoms with van der Waals surface area (Å²) in [7, 11) is -3.52. The summed E-state index contributed by atoms with van der Waals surface area (Å²) in [6.45, 7) is 5.19. The molecule has 168 valence electrons. The Bertz CT molecular complexity index is 1230. The van der Waals surface area contributed by atoms with E-state index < -0.39 is 10.0 Å². The smallest absolute Gasteiger partial charge is 0.243 e. The lowest BCUT2D eigenvalue weighted by molar-refractivity contribution is -0.116. The van der Waals surface area contributed by atoms with Crippen LogP contribution in [0.2, 0.25) is 0 Å². The Hall–Kier alpha value is -2.97. The third kappa shape index (κ3) is 4.92. The molecule has 1 aliphatic heterocycles. The number of sulfonamides is 1. The Kier molecular flexibility index (Phi) is 6.43. The summed E-state index contributed by atoms with van der Waals surface area (Å²) < 4.78 is 32.8. The molecule has 0 atom stereocenters. The number of aromatic nitrogens is 1. The van der Waals surface area contributed by atoms with Crippen LogP contribution in [0.5, 0.6) is 0 Å². The molecule has 2 aromatic carbocycles. The van der Waals surface area contributed by atoms with Gasteiger partial charge in [-0.2, -0.15) is 4.31 Å². The third-order valence-electron chi connectivity index (χ3n) is 5.73. The minimum Gasteiger partial charge on any atom is -0.441 e. The molecule has 32 heavy (non-hydrogen) atoms. The first-order valence-corrected chi connectivity index (χ1v) is 12.2. The number of hydrogen-bond acceptors (Lipinski definition) is 5. The van der Waals surface area contributed by atoms with Gasteiger partial charge >= 0.3 is 0 Å². The van der Waals surface area contributed by atoms with Gasteiger partial charge in [0, 0.05) is 37.2 Å². The highest BCUT2D eigenvalue weighted by Gasteiger charge is 2.27. The molecule has 0 bridgehead atoms. The fraction of sp³-hybridized carbons (Fsp3) is 0.333. The molecule has 1 saturated heterocycles. The van der Waals surface area contributed by atoms with Crippen molar-refractivity contribution < 1.29 is 17.6 Å². The Labute approximate surface area is 188 Å². The van der Waals surface area contributed by atoms with Crippen molar-refractivity contribution in [3.05, 3.63) is 65.7 Å². The second-order valence-corrected chi connectivity index (χ2v) is 10.0. The van der Waals surface area contributed by atoms with Crippen molar-refractivity contribution in [2.75, 3.05) is 18.4 Å². The number of rotatable bonds is 7. The van der Waals surface area contributed by atoms with E-state index in [9.17, 15) is 13.2 Å². The van der Waals surface area contributed by atoms with Gasteiger partial charge in [-0.1, -0.05) is 18.2 Å². The highest BCUT2D eigenvalue weighted by molar-refractivity contribution is 7.89. The number of anilines is 1. The molecule has 7 nitrogen and oxygen atoms in total. The summed E-state index contributed by atoms with van der Waals surface area (Å²) in [4.78, 5) is 16.9. The quantitative estimate of drug-likeness (QED) is 0.575. The molecule has 8 heteroatoms. The predicted octanol–water partition coefficient (Wildman–Crippen LogP) is 4.31. The van der Waals surface area contributed by atoms with Crippen LogP contribution in [-0.2, 0) is 21.2 Å². The SMILES string of the molecule is Cc1ccc(-c2cnc(CCC(=O)Nc3cccc(S(=O)(=O)N4CCCC4)c3)o2)cc1C. The second kappa shape index (κ2) is 9.26. The molecule has 1 N–H and O–H groups in total. The van der Waals surface area contributed by atoms with Gasteiger partial charge in [-0.15, -0.1) is 0 Å². The number of amides is 1. The van der Waals surface area contributed by atoms with Crippen LogP contribution in [0.15, 0.2) is 58.0 Å². The van der Waals surface area contributed by atoms with Gasteiger partial charge in [-0.3, -0.25) is 4.79 Å². The third-order valence-corrected chi connectivity index (χ3v) is 7.63. The van der Waals surface area contributed by atoms with Crippen molar-refractivity contribution in [1.29, 1.82) is 0 Å². The lowest BCUT2D eigenvalue weighted by atomic mass is 10.1. The van der Waals surface area contributed by atoms with Crippen molar-refractivity contribution in [1.82, 2.24) is 9.29 Å². The summed E-state index contributed by atoms with van der Waals surface area (Å²) >= 11 is 0. The first kappa shape index (κ1) is 22.2. The Morgan fingerprint density at radius 2 is 1.88 bits per heavy atom. The number of nitrogens with one attached hydrogen (secondary N) is 1. The lowest BCUT2D eigenvalue weighted by Crippen LogP contribution is -2.27. The Balaban J connectivity index is 1.37. The number of oxazole rings is 1. The summed E-state index contributed by atoms with van der Waals surface area (Å²) in [5.41, 5.74) is 3.79. The van der Waals surface area contributed by atoms with Crippen LogP contribution < -0.4 is 5.32 Å². The van der Waals surface area contributed by atoms with E-state index in [1.807, 2.05) is 19.1 Å². The number of nitrogens with zero attached hydrogens (tertiary/aromatic N) is 2. The maximum absolute atomic E-state index is 12.7. The maximum atomic E-state index is 12.7. The van der Waals surface area contributed by atoms with E-state index in [1.165, 1.54) is 21.5 Å². The van der Waals surface area contributed by atoms with Gasteiger partial charge < -0.3 is 9.73 Å². The predicted molar refractivity (Wildman–Crippen MR) is 123 cm³/mol. The summed E-state index contributed by atoms with van der Waals surface area (Å²) in [5.74, 6) is 0.925. The summed E-state index contributed by atoms with van der Waals surface area (Å²) in [6.07, 6.45) is 3.95. The molecular formula is C24H27N3O4S. The molecule has 4 rings (SSSR count). The van der Waals surface area contributed by atoms with Gasteiger partial charge in [0.2, 0.25) is 15.9 Å². The number of hydrogen-bond donors (Lipinski definition) is 1. The van der Waals surface area contributed by atoms with E-state index in [-0.39, 0.29) is 17.2 Å². The normalized spacial score (nSPS) is 14.6. The van der Waals surface area contributed by atoms with E-state index in [1.54, 1.807) is 24.4 Å². The Morgan fingerprint density at radius 3 is 2.62 bits per heavy atom. The Morgan fingerprint density at radius 1 is 1.09 bits per heavy atom. The first-order chi connectivity index (χ1) is 15.3. The number of carbonyl (C=O) groups is 1. The van der Waals surface area contributed by atoms with E-state index in [4.69, 9.17) is 4.42 Å². The summed E-state index contributed by atoms with van der Waals surface area (Å²) in [5, 5.41) is 2.78. The fourth-order valence-corrected chi connectivity index (χ4v) is 5.27. The molecule has 0 unspecified atom stereocenters. The molecule has 1 aliphatic rings. The van der Waals surface area contributed by atoms with Crippen LogP contribution in [0.1, 0.15) is 36.3 Å². The van der Waals surface area contributed by atoms with Gasteiger partial charge in [-0.25, -0.2) is 13.4 Å². The first-order valence-electron chi connectivity index (χ1n) is 10.8. The monoisotopic (exact) mass is 453 g/mol. The van der Waals surface area contributed by atoms with Crippen LogP contribution in [-0.4, -0.2) is 36.7 Å². The van der Waals surface area contributed by atoms with Crippen LogP contribution in [0.25, 0.3) is 11.3 Å². The van der Waals surface area contributed by atoms with Gasteiger partial charge in [0.15, 0.2) is 11.7 Å². The number of aryl methyl sites for hydroxylation is 3. The molecule has 3 aromatic rings. The second-order valence-electron chi connectivity index (χ2n) is 8.10. The van der Waals surface area contributed by atoms with Gasteiger partial charge in [-0.05, 0) is 62.1 Å². The van der Waals surface area contributed by atoms with Crippen molar-refractivity contribution in [3.63, 3.8) is 0 Å². The number of benzene rings is 2. The molecule has 0 radical (unpaired) electrons. The zero-order chi connectivity index (χ0) is 22.7. The van der Waals surface area contributed by atoms with Gasteiger partial charge in [0.05, 0.1) is 11.1 Å². The minimum atomic E-state index is -3.52. The number of carbonyl (C=O) groups excluding carboxylic acids is 1. The molecular weight excluding hydrogens is 426 g/mol. The highest BCUT2D eigenvalue weighted by atomic mass is 32.2. The van der Waals surface area contributed by atoms with E-state index >= 15 is 0 Å². The van der Waals surface area contributed by atoms with E-state index in [0.717, 1.165) is 18.4 Å². The van der Waals surface area contributed by atoms with Crippen LogP contribution in [0.4, 0.5) is 5.69 Å². The topological polar surface area (TPSA) is 92.5 Å². The average Bonchev–Trinajstić information content (AvgIpc) is 3.47. The lowest BCUT2D eigenvalue weighted by Gasteiger charge is -2.16. The maximum Gasteiger partial charge on any atom is 0.243 e. The van der Waals surface area contributed by atoms with Crippen molar-refractivity contribution >= 4 is 21.6 Å². The van der Waals surface area contributed by atoms with Crippen molar-refractivity contribution in [3.8, 4) is 11.3 Å². The van der Waals surface area contributed by atoms with Crippen molar-refractivity contribution in [2.45, 2.75) is 44.4 Å². The van der Waals surface area contributed by atoms with Crippen LogP contribution in [0, 0.1) is 13.8 Å². The molecule has 1 aromatic heterocycles. The standard InChI is InChI=1S/C24H27N3O4S/c1-17-8-9-19(14-18(17)2)22-16-25-24(31-22)11-10-23(28)26-20-6-5-7-21(15-20)32(29,30)27-12-3-4-13-27/h5-9,14-16H,3-4,10-13H2,1-2H3,(H,26,28). The van der Waals surface area contributed by atoms with Crippen LogP contribution in [0.3, 0.4) is 0 Å². The minimum absolute atomic E-state index is 0.177. The zero-order valence-corrected chi connectivity index (χ0v) is 19.1. The zero-order valence-electron chi connectivity index (χ0n) is 18.3. The molecule has 0 aliphatic carbocycles. The van der Waals surface area contributed by atoms with Crippen molar-refractivity contribution in [2.24, 2.45) is 0 Å². The molecule has 2 heterocycles. The molecule has 0 spiro atoms. The average molecular weight is 454 g/mol. The molecule has 1 fully saturated rings. The largest absolute Gasteiger partial charge is 0.441 e. The summed E-state index contributed by atoms with van der Waals surface area (Å²) in [6, 6.07) is 12.5.